The maximum absolute atomic E-state index is 10.3. The Morgan fingerprint density at radius 3 is 0.765 bits per heavy atom. The molecule has 0 aliphatic carbocycles. The van der Waals surface area contributed by atoms with Crippen LogP contribution in [0, 0.1) is 0 Å². The number of rotatable bonds is 24. The minimum absolute atomic E-state index is 0. The predicted molar refractivity (Wildman–Crippen MR) is 147 cm³/mol. The molecular weight excluding hydrogens is 443 g/mol. The van der Waals surface area contributed by atoms with Crippen LogP contribution in [0.5, 0.6) is 0 Å². The van der Waals surface area contributed by atoms with E-state index in [9.17, 15) is 9.59 Å². The second-order valence-electron chi connectivity index (χ2n) is 9.36. The standard InChI is InChI=1S/2C14H28O2.Al.H2O/c2*1-2-3-4-5-6-7-8-9-10-11-12-13-14(15)16;;/h2*2-13H2,1H3,(H,15,16);;1H2. The van der Waals surface area contributed by atoms with E-state index in [2.05, 4.69) is 13.8 Å². The fourth-order valence-electron chi connectivity index (χ4n) is 3.88. The Bertz CT molecular complexity index is 355. The van der Waals surface area contributed by atoms with Crippen molar-refractivity contribution in [1.29, 1.82) is 0 Å². The van der Waals surface area contributed by atoms with E-state index in [1.54, 1.807) is 0 Å². The number of hydrogen-bond acceptors (Lipinski definition) is 2. The SMILES string of the molecule is CCCCCCCCCCCCCC(=O)O.CCCCCCCCCCCCCC(=O)O.O.[Al]. The highest BCUT2D eigenvalue weighted by atomic mass is 27.0. The molecule has 34 heavy (non-hydrogen) atoms. The van der Waals surface area contributed by atoms with Gasteiger partial charge < -0.3 is 15.7 Å². The lowest BCUT2D eigenvalue weighted by atomic mass is 10.1. The zero-order chi connectivity index (χ0) is 24.1. The molecule has 3 radical (unpaired) electrons. The molecule has 5 nitrogen and oxygen atoms in total. The van der Waals surface area contributed by atoms with Crippen LogP contribution in [0.3, 0.4) is 0 Å². The quantitative estimate of drug-likeness (QED) is 0.102. The predicted octanol–water partition coefficient (Wildman–Crippen LogP) is 8.34. The van der Waals surface area contributed by atoms with Crippen LogP contribution in [0.15, 0.2) is 0 Å². The van der Waals surface area contributed by atoms with Gasteiger partial charge in [0.25, 0.3) is 0 Å². The summed E-state index contributed by atoms with van der Waals surface area (Å²) in [6.07, 6.45) is 28.7. The van der Waals surface area contributed by atoms with Crippen LogP contribution in [0.1, 0.15) is 168 Å². The maximum atomic E-state index is 10.3. The van der Waals surface area contributed by atoms with Gasteiger partial charge in [0.15, 0.2) is 0 Å². The second-order valence-corrected chi connectivity index (χ2v) is 9.36. The average Bonchev–Trinajstić information content (AvgIpc) is 2.76. The molecule has 0 atom stereocenters. The van der Waals surface area contributed by atoms with Crippen LogP contribution < -0.4 is 0 Å². The molecule has 0 aliphatic rings. The smallest absolute Gasteiger partial charge is 0.303 e. The fourth-order valence-corrected chi connectivity index (χ4v) is 3.88. The van der Waals surface area contributed by atoms with Gasteiger partial charge in [0.2, 0.25) is 0 Å². The molecule has 0 aromatic heterocycles. The van der Waals surface area contributed by atoms with Gasteiger partial charge in [0.05, 0.1) is 0 Å². The van der Waals surface area contributed by atoms with Crippen LogP contribution in [-0.2, 0) is 9.59 Å². The first kappa shape index (κ1) is 40.6. The van der Waals surface area contributed by atoms with Gasteiger partial charge >= 0.3 is 11.9 Å². The van der Waals surface area contributed by atoms with Gasteiger partial charge in [-0.05, 0) is 12.8 Å². The molecule has 4 N–H and O–H groups in total. The summed E-state index contributed by atoms with van der Waals surface area (Å²) in [6, 6.07) is 0. The molecule has 0 amide bonds. The number of carbonyl (C=O) groups is 2. The average molecular weight is 502 g/mol. The monoisotopic (exact) mass is 501 g/mol. The first-order chi connectivity index (χ1) is 15.5. The van der Waals surface area contributed by atoms with Gasteiger partial charge in [0, 0.05) is 30.2 Å². The Hall–Kier alpha value is -0.568. The van der Waals surface area contributed by atoms with E-state index >= 15 is 0 Å². The van der Waals surface area contributed by atoms with Crippen molar-refractivity contribution in [2.75, 3.05) is 0 Å². The largest absolute Gasteiger partial charge is 0.481 e. The summed E-state index contributed by atoms with van der Waals surface area (Å²) in [7, 11) is 0. The highest BCUT2D eigenvalue weighted by molar-refractivity contribution is 5.75. The van der Waals surface area contributed by atoms with Gasteiger partial charge in [-0.3, -0.25) is 9.59 Å². The van der Waals surface area contributed by atoms with Crippen LogP contribution in [0.25, 0.3) is 0 Å². The Kier molecular flexibility index (Phi) is 44.2. The molecule has 0 rings (SSSR count). The summed E-state index contributed by atoms with van der Waals surface area (Å²) in [5, 5.41) is 16.9. The molecule has 0 spiro atoms. The lowest BCUT2D eigenvalue weighted by Crippen LogP contribution is -1.93. The Labute approximate surface area is 222 Å². The molecule has 0 aliphatic heterocycles. The van der Waals surface area contributed by atoms with Gasteiger partial charge in [-0.25, -0.2) is 0 Å². The van der Waals surface area contributed by atoms with Crippen molar-refractivity contribution >= 4 is 29.3 Å². The molecule has 0 saturated carbocycles. The van der Waals surface area contributed by atoms with Crippen molar-refractivity contribution in [3.63, 3.8) is 0 Å². The summed E-state index contributed by atoms with van der Waals surface area (Å²) in [6.45, 7) is 4.49. The molecule has 0 aromatic carbocycles. The van der Waals surface area contributed by atoms with E-state index in [1.807, 2.05) is 0 Å². The zero-order valence-corrected chi connectivity index (χ0v) is 23.9. The van der Waals surface area contributed by atoms with Crippen LogP contribution in [-0.4, -0.2) is 45.0 Å². The first-order valence-corrected chi connectivity index (χ1v) is 14.0. The fraction of sp³-hybridized carbons (Fsp3) is 0.929. The Morgan fingerprint density at radius 2 is 0.588 bits per heavy atom. The molecule has 0 aromatic rings. The molecule has 0 saturated heterocycles. The van der Waals surface area contributed by atoms with Crippen LogP contribution in [0.2, 0.25) is 0 Å². The maximum Gasteiger partial charge on any atom is 0.303 e. The lowest BCUT2D eigenvalue weighted by Gasteiger charge is -2.01. The van der Waals surface area contributed by atoms with Crippen molar-refractivity contribution in [2.45, 2.75) is 168 Å². The van der Waals surface area contributed by atoms with Gasteiger partial charge in [-0.15, -0.1) is 0 Å². The third-order valence-electron chi connectivity index (χ3n) is 5.99. The summed E-state index contributed by atoms with van der Waals surface area (Å²) in [5.74, 6) is -1.31. The topological polar surface area (TPSA) is 106 Å². The number of hydrogen-bond donors (Lipinski definition) is 2. The highest BCUT2D eigenvalue weighted by Gasteiger charge is 1.97. The Balaban J connectivity index is -0.000000250. The minimum atomic E-state index is -0.657. The van der Waals surface area contributed by atoms with Crippen LogP contribution >= 0.6 is 0 Å². The summed E-state index contributed by atoms with van der Waals surface area (Å²) in [5.41, 5.74) is 0. The normalized spacial score (nSPS) is 9.94. The number of unbranched alkanes of at least 4 members (excludes halogenated alkanes) is 20. The van der Waals surface area contributed by atoms with E-state index < -0.39 is 11.9 Å². The van der Waals surface area contributed by atoms with Crippen molar-refractivity contribution < 1.29 is 25.3 Å². The zero-order valence-electron chi connectivity index (χ0n) is 22.8. The van der Waals surface area contributed by atoms with Crippen molar-refractivity contribution in [3.8, 4) is 0 Å². The van der Waals surface area contributed by atoms with Crippen molar-refractivity contribution in [1.82, 2.24) is 0 Å². The van der Waals surface area contributed by atoms with Crippen LogP contribution in [0.4, 0.5) is 0 Å². The second kappa shape index (κ2) is 37.0. The molecular formula is C28H58AlO5. The number of carboxylic acid groups (broad SMARTS) is 2. The summed E-state index contributed by atoms with van der Waals surface area (Å²) in [4.78, 5) is 20.5. The van der Waals surface area contributed by atoms with E-state index in [4.69, 9.17) is 10.2 Å². The molecule has 6 heteroatoms. The van der Waals surface area contributed by atoms with Gasteiger partial charge in [-0.2, -0.15) is 0 Å². The van der Waals surface area contributed by atoms with Gasteiger partial charge in [-0.1, -0.05) is 142 Å². The molecule has 0 unspecified atom stereocenters. The van der Waals surface area contributed by atoms with E-state index in [1.165, 1.54) is 116 Å². The highest BCUT2D eigenvalue weighted by Crippen LogP contribution is 2.12. The first-order valence-electron chi connectivity index (χ1n) is 14.0. The molecule has 0 fully saturated rings. The number of aliphatic carboxylic acids is 2. The van der Waals surface area contributed by atoms with E-state index in [0.29, 0.717) is 12.8 Å². The van der Waals surface area contributed by atoms with Crippen molar-refractivity contribution in [3.05, 3.63) is 0 Å². The third kappa shape index (κ3) is 45.0. The number of carboxylic acids is 2. The molecule has 0 bridgehead atoms. The summed E-state index contributed by atoms with van der Waals surface area (Å²) >= 11 is 0. The lowest BCUT2D eigenvalue weighted by molar-refractivity contribution is -0.138. The van der Waals surface area contributed by atoms with Crippen molar-refractivity contribution in [2.24, 2.45) is 0 Å². The molecule has 0 heterocycles. The third-order valence-corrected chi connectivity index (χ3v) is 5.99. The molecule has 203 valence electrons. The minimum Gasteiger partial charge on any atom is -0.481 e. The van der Waals surface area contributed by atoms with E-state index in [0.717, 1.165) is 25.7 Å². The van der Waals surface area contributed by atoms with Gasteiger partial charge in [0.1, 0.15) is 0 Å². The van der Waals surface area contributed by atoms with E-state index in [-0.39, 0.29) is 22.8 Å². The summed E-state index contributed by atoms with van der Waals surface area (Å²) < 4.78 is 0. The Morgan fingerprint density at radius 1 is 0.412 bits per heavy atom.